The molecule has 6 bridgehead atoms. The van der Waals surface area contributed by atoms with E-state index >= 15 is 0 Å². The molecule has 1 unspecified atom stereocenters. The van der Waals surface area contributed by atoms with Gasteiger partial charge in [-0.05, 0) is 124 Å². The van der Waals surface area contributed by atoms with E-state index in [0.29, 0.717) is 90.3 Å². The van der Waals surface area contributed by atoms with Crippen LogP contribution in [0.2, 0.25) is 0 Å². The second-order valence-electron chi connectivity index (χ2n) is 18.0. The van der Waals surface area contributed by atoms with Crippen molar-refractivity contribution < 1.29 is 18.3 Å². The van der Waals surface area contributed by atoms with Crippen LogP contribution in [0.4, 0.5) is 11.6 Å². The minimum Gasteiger partial charge on any atom is -0.502 e. The van der Waals surface area contributed by atoms with Crippen LogP contribution >= 0.6 is 0 Å². The van der Waals surface area contributed by atoms with Crippen LogP contribution in [0.25, 0.3) is 10.9 Å². The molecule has 330 valence electrons. The Labute approximate surface area is 377 Å². The Balaban J connectivity index is 1.11. The zero-order valence-corrected chi connectivity index (χ0v) is 37.2. The van der Waals surface area contributed by atoms with Crippen LogP contribution in [0.15, 0.2) is 122 Å². The molecule has 0 aromatic carbocycles. The number of nitrogens with zero attached hydrogens (tertiary/aromatic N) is 11. The molecule has 2 saturated carbocycles. The molecule has 0 spiro atoms. The average molecular weight is 887 g/mol. The molecule has 0 saturated heterocycles. The molecule has 2 fully saturated rings. The smallest absolute Gasteiger partial charge is 0.502 e. The van der Waals surface area contributed by atoms with Crippen molar-refractivity contribution in [3.05, 3.63) is 114 Å². The van der Waals surface area contributed by atoms with Gasteiger partial charge in [-0.3, -0.25) is 28.7 Å². The zero-order valence-electron chi connectivity index (χ0n) is 36.2. The summed E-state index contributed by atoms with van der Waals surface area (Å²) < 4.78 is 31.6. The molecule has 4 aromatic rings. The Morgan fingerprint density at radius 2 is 1.32 bits per heavy atom. The lowest BCUT2D eigenvalue weighted by atomic mass is 9.83. The van der Waals surface area contributed by atoms with Crippen molar-refractivity contribution in [2.24, 2.45) is 53.6 Å². The summed E-state index contributed by atoms with van der Waals surface area (Å²) in [6.07, 6.45) is 19.4. The Morgan fingerprint density at radius 1 is 0.677 bits per heavy atom. The highest BCUT2D eigenvalue weighted by atomic mass is 28.4. The molecular weight excluding hydrogens is 837 g/mol. The molecule has 1 atom stereocenters. The average Bonchev–Trinajstić information content (AvgIpc) is 4.07. The third kappa shape index (κ3) is 6.81. The second-order valence-corrected chi connectivity index (χ2v) is 20.6. The van der Waals surface area contributed by atoms with Gasteiger partial charge in [0.15, 0.2) is 23.3 Å². The monoisotopic (exact) mass is 886 g/mol. The number of ether oxygens (including phenoxy) is 2. The quantitative estimate of drug-likeness (QED) is 0.110. The molecule has 0 radical (unpaired) electrons. The molecule has 16 nitrogen and oxygen atoms in total. The molecule has 2 aliphatic carbocycles. The number of hydrogen-bond donors (Lipinski definition) is 1. The second kappa shape index (κ2) is 16.5. The van der Waals surface area contributed by atoms with Gasteiger partial charge >= 0.3 is 8.88 Å². The van der Waals surface area contributed by atoms with Gasteiger partial charge in [0.1, 0.15) is 40.6 Å². The predicted molar refractivity (Wildman–Crippen MR) is 251 cm³/mol. The fraction of sp³-hybridized carbons (Fsp3) is 0.396. The minimum absolute atomic E-state index is 0.256. The summed E-state index contributed by atoms with van der Waals surface area (Å²) in [6, 6.07) is 12.0. The van der Waals surface area contributed by atoms with Gasteiger partial charge in [-0.15, -0.1) is 0 Å². The molecule has 4 aromatic heterocycles. The van der Waals surface area contributed by atoms with Crippen molar-refractivity contribution in [2.45, 2.75) is 70.4 Å². The van der Waals surface area contributed by atoms with Gasteiger partial charge in [0.2, 0.25) is 0 Å². The van der Waals surface area contributed by atoms with Gasteiger partial charge in [-0.2, -0.15) is 0 Å². The van der Waals surface area contributed by atoms with E-state index in [0.717, 1.165) is 97.7 Å². The van der Waals surface area contributed by atoms with E-state index in [4.69, 9.17) is 63.2 Å². The van der Waals surface area contributed by atoms with Crippen LogP contribution < -0.4 is 5.32 Å². The first kappa shape index (κ1) is 40.1. The van der Waals surface area contributed by atoms with E-state index < -0.39 is 15.0 Å². The number of pyridine rings is 3. The van der Waals surface area contributed by atoms with Crippen LogP contribution in [0.5, 0.6) is 0 Å². The normalized spacial score (nSPS) is 27.0. The first-order valence-corrected chi connectivity index (χ1v) is 24.7. The van der Waals surface area contributed by atoms with E-state index in [1.807, 2.05) is 36.7 Å². The molecule has 8 aliphatic rings. The van der Waals surface area contributed by atoms with E-state index in [9.17, 15) is 0 Å². The van der Waals surface area contributed by atoms with E-state index in [1.54, 1.807) is 24.9 Å². The molecular formula is C48H50N12O4Si. The summed E-state index contributed by atoms with van der Waals surface area (Å²) in [5, 5.41) is 4.66. The summed E-state index contributed by atoms with van der Waals surface area (Å²) in [5.41, 5.74) is 5.41. The Hall–Kier alpha value is -6.43. The van der Waals surface area contributed by atoms with Crippen molar-refractivity contribution in [3.8, 4) is 0 Å². The SMILES string of the molecule is C=COCC1CCC(CO[Si]2(OCC3CCC(COC=C)CC3)N3C4=NC5=NC(=Nc6c7ncccc7c(n62)N=C2N=C(NC3c3ncccc34)c3cccnc32)C2=C5N=CCC2)CC1. The van der Waals surface area contributed by atoms with Crippen LogP contribution in [0.1, 0.15) is 92.9 Å². The molecule has 1 N–H and O–H groups in total. The van der Waals surface area contributed by atoms with Crippen molar-refractivity contribution >= 4 is 66.8 Å². The van der Waals surface area contributed by atoms with Crippen LogP contribution in [0, 0.1) is 23.7 Å². The Morgan fingerprint density at radius 3 is 2.05 bits per heavy atom. The number of amidine groups is 5. The standard InChI is InChI=1S/C48H50N12O4Si/c1-3-61-25-29-13-17-31(18-14-29)27-63-65(64-28-32-19-15-30(16-20-32)26-62-4-2)59-46-35-11-7-23-51-39(35)47(59)55-41-33-9-5-21-49-37(33)43(53-41)57-45-36-12-8-24-52-40(36)48(60(45)65)56-42-34-10-6-22-50-38(34)44(54-42)58-46/h3-5,7-9,11-12,21-24,29-32,47H,1-2,6,10,13-20,25-28H2,(H,53,55,57). The van der Waals surface area contributed by atoms with Gasteiger partial charge in [-0.25, -0.2) is 25.0 Å². The van der Waals surface area contributed by atoms with E-state index in [-0.39, 0.29) is 11.8 Å². The lowest BCUT2D eigenvalue weighted by molar-refractivity contribution is 0.0542. The van der Waals surface area contributed by atoms with E-state index in [1.165, 1.54) is 0 Å². The molecule has 65 heavy (non-hydrogen) atoms. The van der Waals surface area contributed by atoms with Crippen molar-refractivity contribution in [2.75, 3.05) is 26.4 Å². The number of fused-ring (bicyclic) bond motifs is 13. The van der Waals surface area contributed by atoms with Gasteiger partial charge < -0.3 is 23.6 Å². The number of nitrogens with one attached hydrogen (secondary N) is 1. The van der Waals surface area contributed by atoms with E-state index in [2.05, 4.69) is 39.4 Å². The Kier molecular flexibility index (Phi) is 10.2. The lowest BCUT2D eigenvalue weighted by Crippen LogP contribution is -2.68. The molecule has 6 aliphatic heterocycles. The number of aromatic nitrogens is 4. The fourth-order valence-corrected chi connectivity index (χ4v) is 14.3. The predicted octanol–water partition coefficient (Wildman–Crippen LogP) is 7.85. The highest BCUT2D eigenvalue weighted by Crippen LogP contribution is 2.48. The molecule has 0 amide bonds. The maximum absolute atomic E-state index is 7.92. The van der Waals surface area contributed by atoms with Crippen LogP contribution in [-0.4, -0.2) is 94.5 Å². The highest BCUT2D eigenvalue weighted by molar-refractivity contribution is 6.68. The van der Waals surface area contributed by atoms with Crippen molar-refractivity contribution in [3.63, 3.8) is 0 Å². The van der Waals surface area contributed by atoms with Gasteiger partial charge in [0.05, 0.1) is 31.4 Å². The minimum atomic E-state index is -4.24. The summed E-state index contributed by atoms with van der Waals surface area (Å²) in [7, 11) is -4.24. The topological polar surface area (TPSA) is 170 Å². The molecule has 10 heterocycles. The third-order valence-corrected chi connectivity index (χ3v) is 17.2. The largest absolute Gasteiger partial charge is 0.599 e. The van der Waals surface area contributed by atoms with Gasteiger partial charge in [-0.1, -0.05) is 13.2 Å². The first-order valence-electron chi connectivity index (χ1n) is 23.0. The maximum atomic E-state index is 7.92. The van der Waals surface area contributed by atoms with Gasteiger partial charge in [0, 0.05) is 60.1 Å². The zero-order chi connectivity index (χ0) is 43.5. The number of hydrogen-bond acceptors (Lipinski definition) is 15. The van der Waals surface area contributed by atoms with Gasteiger partial charge in [0.25, 0.3) is 0 Å². The molecule has 17 heteroatoms. The summed E-state index contributed by atoms with van der Waals surface area (Å²) in [4.78, 5) is 47.0. The van der Waals surface area contributed by atoms with Crippen molar-refractivity contribution in [1.82, 2.24) is 29.1 Å². The summed E-state index contributed by atoms with van der Waals surface area (Å²) in [5.74, 6) is 5.33. The summed E-state index contributed by atoms with van der Waals surface area (Å²) in [6.45, 7) is 9.78. The molecule has 12 rings (SSSR count). The van der Waals surface area contributed by atoms with Crippen LogP contribution in [0.3, 0.4) is 0 Å². The van der Waals surface area contributed by atoms with Crippen molar-refractivity contribution in [1.29, 1.82) is 0 Å². The fourth-order valence-electron chi connectivity index (χ4n) is 10.7. The summed E-state index contributed by atoms with van der Waals surface area (Å²) >= 11 is 0. The highest BCUT2D eigenvalue weighted by Gasteiger charge is 2.62. The maximum Gasteiger partial charge on any atom is 0.599 e. The third-order valence-electron chi connectivity index (χ3n) is 14.1. The number of rotatable bonds is 12. The Bertz CT molecular complexity index is 2790. The lowest BCUT2D eigenvalue weighted by Gasteiger charge is -2.44. The number of aliphatic imine (C=N–C) groups is 6. The first-order chi connectivity index (χ1) is 32.1. The van der Waals surface area contributed by atoms with Crippen LogP contribution in [-0.2, 0) is 18.3 Å².